The summed E-state index contributed by atoms with van der Waals surface area (Å²) < 4.78 is 0. The van der Waals surface area contributed by atoms with E-state index in [9.17, 15) is 0 Å². The summed E-state index contributed by atoms with van der Waals surface area (Å²) in [6, 6.07) is 0.361. The molecule has 12 heavy (non-hydrogen) atoms. The van der Waals surface area contributed by atoms with Crippen LogP contribution < -0.4 is 11.1 Å². The number of hydrogen-bond donors (Lipinski definition) is 2. The lowest BCUT2D eigenvalue weighted by atomic mass is 10.1. The molecule has 2 nitrogen and oxygen atoms in total. The van der Waals surface area contributed by atoms with Crippen molar-refractivity contribution in [2.24, 2.45) is 5.73 Å². The normalized spacial score (nSPS) is 14.8. The van der Waals surface area contributed by atoms with Gasteiger partial charge in [0, 0.05) is 11.6 Å². The van der Waals surface area contributed by atoms with Crippen molar-refractivity contribution in [3.8, 4) is 0 Å². The third-order valence-electron chi connectivity index (χ3n) is 1.74. The molecule has 0 aromatic rings. The summed E-state index contributed by atoms with van der Waals surface area (Å²) >= 11 is 0. The minimum atomic E-state index is 0.258. The van der Waals surface area contributed by atoms with Crippen molar-refractivity contribution in [3.05, 3.63) is 0 Å². The lowest BCUT2D eigenvalue weighted by molar-refractivity contribution is 0.414. The van der Waals surface area contributed by atoms with Crippen molar-refractivity contribution in [2.45, 2.75) is 58.5 Å². The predicted octanol–water partition coefficient (Wildman–Crippen LogP) is 1.89. The molecule has 0 rings (SSSR count). The molecule has 0 aliphatic heterocycles. The van der Waals surface area contributed by atoms with Crippen LogP contribution in [0.2, 0.25) is 0 Å². The minimum Gasteiger partial charge on any atom is -0.328 e. The Morgan fingerprint density at radius 1 is 1.25 bits per heavy atom. The molecule has 0 aliphatic carbocycles. The molecule has 0 radical (unpaired) electrons. The van der Waals surface area contributed by atoms with Gasteiger partial charge in [-0.25, -0.2) is 0 Å². The third-order valence-corrected chi connectivity index (χ3v) is 1.74. The van der Waals surface area contributed by atoms with E-state index in [4.69, 9.17) is 5.73 Å². The molecule has 3 N–H and O–H groups in total. The van der Waals surface area contributed by atoms with E-state index in [1.807, 2.05) is 0 Å². The van der Waals surface area contributed by atoms with Gasteiger partial charge in [-0.2, -0.15) is 0 Å². The van der Waals surface area contributed by atoms with Crippen molar-refractivity contribution in [1.29, 1.82) is 0 Å². The molecule has 0 aromatic heterocycles. The molecule has 0 fully saturated rings. The van der Waals surface area contributed by atoms with Gasteiger partial charge in [-0.3, -0.25) is 0 Å². The predicted molar refractivity (Wildman–Crippen MR) is 55.3 cm³/mol. The third kappa shape index (κ3) is 9.92. The standard InChI is InChI=1S/C10H24N2/c1-9(11)7-5-6-8-12-10(2,3)4/h9,12H,5-8,11H2,1-4H3. The first-order valence-corrected chi connectivity index (χ1v) is 4.92. The smallest absolute Gasteiger partial charge is 0.00965 e. The van der Waals surface area contributed by atoms with Crippen LogP contribution in [0.1, 0.15) is 47.0 Å². The average Bonchev–Trinajstić information content (AvgIpc) is 1.83. The molecule has 0 saturated carbocycles. The topological polar surface area (TPSA) is 38.0 Å². The van der Waals surface area contributed by atoms with Crippen LogP contribution in [0.4, 0.5) is 0 Å². The molecule has 0 aromatic carbocycles. The molecule has 1 unspecified atom stereocenters. The van der Waals surface area contributed by atoms with Gasteiger partial charge in [0.1, 0.15) is 0 Å². The summed E-state index contributed by atoms with van der Waals surface area (Å²) in [5.74, 6) is 0. The van der Waals surface area contributed by atoms with Gasteiger partial charge in [0.05, 0.1) is 0 Å². The molecule has 0 amide bonds. The van der Waals surface area contributed by atoms with Crippen LogP contribution in [0, 0.1) is 0 Å². The summed E-state index contributed by atoms with van der Waals surface area (Å²) in [4.78, 5) is 0. The Labute approximate surface area is 76.9 Å². The first-order valence-electron chi connectivity index (χ1n) is 4.92. The van der Waals surface area contributed by atoms with E-state index in [2.05, 4.69) is 33.0 Å². The molecular formula is C10H24N2. The maximum absolute atomic E-state index is 5.64. The zero-order valence-corrected chi connectivity index (χ0v) is 8.98. The molecule has 74 valence electrons. The van der Waals surface area contributed by atoms with Gasteiger partial charge >= 0.3 is 0 Å². The van der Waals surface area contributed by atoms with Crippen LogP contribution in [0.3, 0.4) is 0 Å². The highest BCUT2D eigenvalue weighted by atomic mass is 14.9. The first kappa shape index (κ1) is 11.9. The van der Waals surface area contributed by atoms with E-state index < -0.39 is 0 Å². The molecule has 0 heterocycles. The van der Waals surface area contributed by atoms with Gasteiger partial charge in [-0.1, -0.05) is 6.42 Å². The molecular weight excluding hydrogens is 148 g/mol. The van der Waals surface area contributed by atoms with Crippen LogP contribution in [0.5, 0.6) is 0 Å². The number of unbranched alkanes of at least 4 members (excludes halogenated alkanes) is 1. The Bertz CT molecular complexity index is 103. The van der Waals surface area contributed by atoms with E-state index in [-0.39, 0.29) is 5.54 Å². The van der Waals surface area contributed by atoms with Crippen molar-refractivity contribution in [3.63, 3.8) is 0 Å². The van der Waals surface area contributed by atoms with E-state index in [1.165, 1.54) is 12.8 Å². The van der Waals surface area contributed by atoms with E-state index in [0.29, 0.717) is 6.04 Å². The second-order valence-corrected chi connectivity index (χ2v) is 4.65. The molecule has 1 atom stereocenters. The molecule has 0 aliphatic rings. The van der Waals surface area contributed by atoms with Crippen LogP contribution >= 0.6 is 0 Å². The van der Waals surface area contributed by atoms with Gasteiger partial charge < -0.3 is 11.1 Å². The Balaban J connectivity index is 3.12. The second-order valence-electron chi connectivity index (χ2n) is 4.65. The van der Waals surface area contributed by atoms with E-state index in [0.717, 1.165) is 13.0 Å². The summed E-state index contributed by atoms with van der Waals surface area (Å²) in [5, 5.41) is 3.45. The molecule has 0 spiro atoms. The maximum Gasteiger partial charge on any atom is 0.00965 e. The monoisotopic (exact) mass is 172 g/mol. The molecule has 2 heteroatoms. The second kappa shape index (κ2) is 5.55. The number of rotatable bonds is 5. The Kier molecular flexibility index (Phi) is 5.51. The van der Waals surface area contributed by atoms with Crippen LogP contribution in [0.25, 0.3) is 0 Å². The molecule has 0 saturated heterocycles. The zero-order valence-electron chi connectivity index (χ0n) is 8.98. The Hall–Kier alpha value is -0.0800. The fraction of sp³-hybridized carbons (Fsp3) is 1.00. The van der Waals surface area contributed by atoms with Gasteiger partial charge in [0.25, 0.3) is 0 Å². The largest absolute Gasteiger partial charge is 0.328 e. The van der Waals surface area contributed by atoms with Gasteiger partial charge in [-0.05, 0) is 47.1 Å². The summed E-state index contributed by atoms with van der Waals surface area (Å²) in [7, 11) is 0. The average molecular weight is 172 g/mol. The number of nitrogens with two attached hydrogens (primary N) is 1. The lowest BCUT2D eigenvalue weighted by Gasteiger charge is -2.20. The van der Waals surface area contributed by atoms with Gasteiger partial charge in [-0.15, -0.1) is 0 Å². The number of nitrogens with one attached hydrogen (secondary N) is 1. The zero-order chi connectivity index (χ0) is 9.61. The van der Waals surface area contributed by atoms with Crippen molar-refractivity contribution in [2.75, 3.05) is 6.54 Å². The fourth-order valence-corrected chi connectivity index (χ4v) is 1.05. The van der Waals surface area contributed by atoms with E-state index in [1.54, 1.807) is 0 Å². The minimum absolute atomic E-state index is 0.258. The van der Waals surface area contributed by atoms with Crippen LogP contribution in [-0.4, -0.2) is 18.1 Å². The SMILES string of the molecule is CC(N)CCCCNC(C)(C)C. The highest BCUT2D eigenvalue weighted by Gasteiger charge is 2.06. The highest BCUT2D eigenvalue weighted by Crippen LogP contribution is 2.01. The molecule has 0 bridgehead atoms. The fourth-order valence-electron chi connectivity index (χ4n) is 1.05. The van der Waals surface area contributed by atoms with Crippen LogP contribution in [0.15, 0.2) is 0 Å². The van der Waals surface area contributed by atoms with Gasteiger partial charge in [0.2, 0.25) is 0 Å². The van der Waals surface area contributed by atoms with Crippen LogP contribution in [-0.2, 0) is 0 Å². The first-order chi connectivity index (χ1) is 5.42. The summed E-state index contributed by atoms with van der Waals surface area (Å²) in [6.45, 7) is 9.75. The van der Waals surface area contributed by atoms with Crippen molar-refractivity contribution in [1.82, 2.24) is 5.32 Å². The summed E-state index contributed by atoms with van der Waals surface area (Å²) in [6.07, 6.45) is 3.62. The number of hydrogen-bond acceptors (Lipinski definition) is 2. The Morgan fingerprint density at radius 2 is 1.83 bits per heavy atom. The highest BCUT2D eigenvalue weighted by molar-refractivity contribution is 4.69. The van der Waals surface area contributed by atoms with Gasteiger partial charge in [0.15, 0.2) is 0 Å². The summed E-state index contributed by atoms with van der Waals surface area (Å²) in [5.41, 5.74) is 5.90. The maximum atomic E-state index is 5.64. The quantitative estimate of drug-likeness (QED) is 0.622. The van der Waals surface area contributed by atoms with Crippen molar-refractivity contribution < 1.29 is 0 Å². The lowest BCUT2D eigenvalue weighted by Crippen LogP contribution is -2.36. The Morgan fingerprint density at radius 3 is 2.25 bits per heavy atom. The van der Waals surface area contributed by atoms with E-state index >= 15 is 0 Å². The van der Waals surface area contributed by atoms with Crippen molar-refractivity contribution >= 4 is 0 Å².